The molecule has 3 aliphatic heterocycles. The van der Waals surface area contributed by atoms with Gasteiger partial charge in [-0.05, 0) is 23.9 Å². The van der Waals surface area contributed by atoms with Crippen molar-refractivity contribution in [3.05, 3.63) is 40.5 Å². The first-order chi connectivity index (χ1) is 14.5. The number of morpholine rings is 1. The fraction of sp³-hybridized carbons (Fsp3) is 0.524. The fourth-order valence-corrected chi connectivity index (χ4v) is 6.01. The van der Waals surface area contributed by atoms with Gasteiger partial charge in [0.05, 0.1) is 36.7 Å². The Hall–Kier alpha value is -2.36. The number of hydrogen-bond acceptors (Lipinski definition) is 8. The molecule has 1 spiro atoms. The average Bonchev–Trinajstić information content (AvgIpc) is 3.39. The number of amides is 1. The quantitative estimate of drug-likeness (QED) is 0.710. The molecule has 30 heavy (non-hydrogen) atoms. The van der Waals surface area contributed by atoms with Gasteiger partial charge in [0, 0.05) is 43.9 Å². The second kappa shape index (κ2) is 7.40. The second-order valence-corrected chi connectivity index (χ2v) is 9.36. The number of rotatable bonds is 5. The molecule has 0 saturated carbocycles. The summed E-state index contributed by atoms with van der Waals surface area (Å²) in [6.07, 6.45) is 5.25. The number of ether oxygens (including phenoxy) is 1. The van der Waals surface area contributed by atoms with Gasteiger partial charge in [-0.2, -0.15) is 0 Å². The minimum absolute atomic E-state index is 0.00469. The van der Waals surface area contributed by atoms with Gasteiger partial charge in [0.2, 0.25) is 5.91 Å². The molecule has 9 heteroatoms. The zero-order valence-electron chi connectivity index (χ0n) is 16.7. The monoisotopic (exact) mass is 428 g/mol. The molecule has 3 aliphatic rings. The molecule has 4 atom stereocenters. The van der Waals surface area contributed by atoms with Crippen molar-refractivity contribution in [1.82, 2.24) is 14.9 Å². The van der Waals surface area contributed by atoms with Crippen LogP contribution >= 0.6 is 11.3 Å². The van der Waals surface area contributed by atoms with Crippen molar-refractivity contribution in [3.63, 3.8) is 0 Å². The van der Waals surface area contributed by atoms with E-state index in [1.165, 1.54) is 18.3 Å². The number of carbonyl (C=O) groups excluding carboxylic acids is 2. The number of fused-ring (bicyclic) bond motifs is 1. The molecule has 5 heterocycles. The first kappa shape index (κ1) is 19.6. The van der Waals surface area contributed by atoms with Crippen molar-refractivity contribution in [2.75, 3.05) is 37.7 Å². The Labute approximate surface area is 178 Å². The number of Topliss-reactive ketones (excluding diaryl/α,β-unsaturated/α-hetero) is 1. The molecular formula is C21H24N4O4S. The lowest BCUT2D eigenvalue weighted by atomic mass is 9.83. The summed E-state index contributed by atoms with van der Waals surface area (Å²) in [7, 11) is 0. The molecule has 3 saturated heterocycles. The van der Waals surface area contributed by atoms with Crippen LogP contribution in [-0.2, 0) is 16.0 Å². The van der Waals surface area contributed by atoms with Gasteiger partial charge >= 0.3 is 0 Å². The number of hydrogen-bond donors (Lipinski definition) is 1. The fourth-order valence-electron chi connectivity index (χ4n) is 5.19. The standard InChI is InChI=1S/C21H24N4O4S/c1-13(27)18-4-14(10-30-18)5-20(28)25-7-16-15(9-26)17-8-24(11-21(16,12-25)29-17)19-6-22-2-3-23-19/h2-4,6,10,15-17,26H,5,7-9,11-12H2,1H3/t15-,16+,17+,21+/m0/s1. The molecule has 5 rings (SSSR count). The first-order valence-electron chi connectivity index (χ1n) is 10.1. The van der Waals surface area contributed by atoms with Crippen LogP contribution in [0.3, 0.4) is 0 Å². The number of anilines is 1. The largest absolute Gasteiger partial charge is 0.396 e. The maximum Gasteiger partial charge on any atom is 0.227 e. The highest BCUT2D eigenvalue weighted by Crippen LogP contribution is 2.49. The normalized spacial score (nSPS) is 29.9. The highest BCUT2D eigenvalue weighted by atomic mass is 32.1. The average molecular weight is 429 g/mol. The van der Waals surface area contributed by atoms with Crippen LogP contribution in [0.25, 0.3) is 0 Å². The lowest BCUT2D eigenvalue weighted by Gasteiger charge is -2.40. The summed E-state index contributed by atoms with van der Waals surface area (Å²) in [5.74, 6) is 0.926. The molecule has 2 aromatic heterocycles. The molecule has 1 N–H and O–H groups in total. The number of aliphatic hydroxyl groups excluding tert-OH is 1. The molecule has 0 aromatic carbocycles. The number of ketones is 1. The highest BCUT2D eigenvalue weighted by molar-refractivity contribution is 7.12. The second-order valence-electron chi connectivity index (χ2n) is 8.44. The van der Waals surface area contributed by atoms with Crippen LogP contribution in [0.2, 0.25) is 0 Å². The Balaban J connectivity index is 1.34. The van der Waals surface area contributed by atoms with Crippen LogP contribution in [0.5, 0.6) is 0 Å². The molecule has 0 radical (unpaired) electrons. The Kier molecular flexibility index (Phi) is 4.83. The third kappa shape index (κ3) is 3.21. The summed E-state index contributed by atoms with van der Waals surface area (Å²) in [6, 6.07) is 1.81. The van der Waals surface area contributed by atoms with Gasteiger partial charge in [0.1, 0.15) is 11.4 Å². The minimum atomic E-state index is -0.497. The molecule has 0 unspecified atom stereocenters. The van der Waals surface area contributed by atoms with Crippen molar-refractivity contribution in [1.29, 1.82) is 0 Å². The molecule has 2 aromatic rings. The topological polar surface area (TPSA) is 95.9 Å². The zero-order chi connectivity index (χ0) is 20.9. The third-order valence-corrected chi connectivity index (χ3v) is 7.66. The third-order valence-electron chi connectivity index (χ3n) is 6.58. The molecular weight excluding hydrogens is 404 g/mol. The van der Waals surface area contributed by atoms with Gasteiger partial charge in [-0.1, -0.05) is 0 Å². The molecule has 158 valence electrons. The van der Waals surface area contributed by atoms with Crippen molar-refractivity contribution >= 4 is 28.8 Å². The van der Waals surface area contributed by atoms with E-state index in [1.54, 1.807) is 24.7 Å². The Morgan fingerprint density at radius 2 is 2.20 bits per heavy atom. The van der Waals surface area contributed by atoms with Crippen molar-refractivity contribution in [2.45, 2.75) is 25.0 Å². The lowest BCUT2D eigenvalue weighted by Crippen LogP contribution is -2.54. The maximum absolute atomic E-state index is 13.0. The van der Waals surface area contributed by atoms with Crippen LogP contribution in [0.1, 0.15) is 22.2 Å². The van der Waals surface area contributed by atoms with E-state index >= 15 is 0 Å². The van der Waals surface area contributed by atoms with Gasteiger partial charge in [0.15, 0.2) is 5.78 Å². The van der Waals surface area contributed by atoms with Crippen molar-refractivity contribution < 1.29 is 19.4 Å². The first-order valence-corrected chi connectivity index (χ1v) is 11.0. The number of nitrogens with zero attached hydrogens (tertiary/aromatic N) is 4. The van der Waals surface area contributed by atoms with Gasteiger partial charge in [-0.3, -0.25) is 14.6 Å². The summed E-state index contributed by atoms with van der Waals surface area (Å²) in [5, 5.41) is 11.9. The lowest BCUT2D eigenvalue weighted by molar-refractivity contribution is -0.132. The van der Waals surface area contributed by atoms with Crippen LogP contribution in [0.4, 0.5) is 5.82 Å². The van der Waals surface area contributed by atoms with E-state index in [9.17, 15) is 14.7 Å². The van der Waals surface area contributed by atoms with Crippen molar-refractivity contribution in [3.8, 4) is 0 Å². The summed E-state index contributed by atoms with van der Waals surface area (Å²) in [5.41, 5.74) is 0.370. The van der Waals surface area contributed by atoms with Crippen molar-refractivity contribution in [2.24, 2.45) is 11.8 Å². The van der Waals surface area contributed by atoms with Gasteiger partial charge in [-0.15, -0.1) is 11.3 Å². The van der Waals surface area contributed by atoms with Crippen LogP contribution in [0, 0.1) is 11.8 Å². The predicted molar refractivity (Wildman–Crippen MR) is 111 cm³/mol. The smallest absolute Gasteiger partial charge is 0.227 e. The van der Waals surface area contributed by atoms with E-state index in [0.29, 0.717) is 31.1 Å². The van der Waals surface area contributed by atoms with E-state index in [1.807, 2.05) is 10.3 Å². The van der Waals surface area contributed by atoms with Crippen LogP contribution in [-0.4, -0.2) is 76.2 Å². The summed E-state index contributed by atoms with van der Waals surface area (Å²) < 4.78 is 6.44. The van der Waals surface area contributed by atoms with E-state index < -0.39 is 5.60 Å². The Bertz CT molecular complexity index is 967. The maximum atomic E-state index is 13.0. The van der Waals surface area contributed by atoms with Gasteiger partial charge < -0.3 is 19.6 Å². The van der Waals surface area contributed by atoms with Gasteiger partial charge in [-0.25, -0.2) is 4.98 Å². The Morgan fingerprint density at radius 1 is 1.33 bits per heavy atom. The minimum Gasteiger partial charge on any atom is -0.396 e. The zero-order valence-corrected chi connectivity index (χ0v) is 17.5. The van der Waals surface area contributed by atoms with Crippen LogP contribution < -0.4 is 4.90 Å². The number of carbonyl (C=O) groups is 2. The number of thiophene rings is 1. The molecule has 3 fully saturated rings. The number of likely N-dealkylation sites (tertiary alicyclic amines) is 1. The number of aromatic nitrogens is 2. The van der Waals surface area contributed by atoms with E-state index in [4.69, 9.17) is 4.74 Å². The summed E-state index contributed by atoms with van der Waals surface area (Å²) in [4.78, 5) is 37.8. The molecule has 8 nitrogen and oxygen atoms in total. The van der Waals surface area contributed by atoms with E-state index in [2.05, 4.69) is 14.9 Å². The summed E-state index contributed by atoms with van der Waals surface area (Å²) >= 11 is 1.38. The van der Waals surface area contributed by atoms with Gasteiger partial charge in [0.25, 0.3) is 0 Å². The number of aliphatic hydroxyl groups is 1. The highest BCUT2D eigenvalue weighted by Gasteiger charge is 2.63. The summed E-state index contributed by atoms with van der Waals surface area (Å²) in [6.45, 7) is 3.95. The van der Waals surface area contributed by atoms with Crippen LogP contribution in [0.15, 0.2) is 30.0 Å². The molecule has 0 aliphatic carbocycles. The van der Waals surface area contributed by atoms with E-state index in [0.717, 1.165) is 11.4 Å². The predicted octanol–water partition coefficient (Wildman–Crippen LogP) is 1.01. The molecule has 1 amide bonds. The van der Waals surface area contributed by atoms with E-state index in [-0.39, 0.29) is 42.7 Å². The SMILES string of the molecule is CC(=O)c1cc(CC(=O)N2C[C@@H]3[C@H](CO)[C@H]4CN(c5cnccn5)C[C@]3(C2)O4)cs1. The Morgan fingerprint density at radius 3 is 2.90 bits per heavy atom. The molecule has 2 bridgehead atoms.